The Morgan fingerprint density at radius 2 is 1.79 bits per heavy atom. The SMILES string of the molecule is O=C(Nc1ccccc1)[C@]1(Br)C[C@@H](CBr)OC1=Nc1ccccc1. The summed E-state index contributed by atoms with van der Waals surface area (Å²) in [4.78, 5) is 17.4. The first-order valence-electron chi connectivity index (χ1n) is 7.54. The zero-order valence-corrected chi connectivity index (χ0v) is 16.0. The minimum atomic E-state index is -0.989. The number of benzene rings is 2. The summed E-state index contributed by atoms with van der Waals surface area (Å²) in [6, 6.07) is 18.8. The van der Waals surface area contributed by atoms with Crippen molar-refractivity contribution in [1.29, 1.82) is 0 Å². The Labute approximate surface area is 157 Å². The Morgan fingerprint density at radius 1 is 1.17 bits per heavy atom. The van der Waals surface area contributed by atoms with Gasteiger partial charge in [-0.1, -0.05) is 68.3 Å². The van der Waals surface area contributed by atoms with Gasteiger partial charge in [0.2, 0.25) is 5.90 Å². The Hall–Kier alpha value is -1.66. The molecule has 0 saturated carbocycles. The van der Waals surface area contributed by atoms with Gasteiger partial charge in [-0.2, -0.15) is 0 Å². The van der Waals surface area contributed by atoms with Crippen molar-refractivity contribution in [3.63, 3.8) is 0 Å². The van der Waals surface area contributed by atoms with Gasteiger partial charge in [-0.15, -0.1) is 0 Å². The van der Waals surface area contributed by atoms with E-state index in [1.165, 1.54) is 0 Å². The second kappa shape index (κ2) is 7.49. The summed E-state index contributed by atoms with van der Waals surface area (Å²) < 4.78 is 4.90. The number of halogens is 2. The van der Waals surface area contributed by atoms with Crippen LogP contribution in [0, 0.1) is 0 Å². The van der Waals surface area contributed by atoms with Crippen molar-refractivity contribution in [2.75, 3.05) is 10.6 Å². The average Bonchev–Trinajstić information content (AvgIpc) is 2.94. The summed E-state index contributed by atoms with van der Waals surface area (Å²) in [6.07, 6.45) is 0.385. The van der Waals surface area contributed by atoms with Crippen molar-refractivity contribution < 1.29 is 9.53 Å². The van der Waals surface area contributed by atoms with Crippen molar-refractivity contribution in [2.24, 2.45) is 4.99 Å². The second-order valence-electron chi connectivity index (χ2n) is 5.47. The van der Waals surface area contributed by atoms with Crippen molar-refractivity contribution in [2.45, 2.75) is 16.8 Å². The number of carbonyl (C=O) groups excluding carboxylic acids is 1. The highest BCUT2D eigenvalue weighted by Crippen LogP contribution is 2.38. The van der Waals surface area contributed by atoms with Gasteiger partial charge in [-0.3, -0.25) is 4.79 Å². The van der Waals surface area contributed by atoms with Crippen LogP contribution in [0.2, 0.25) is 0 Å². The number of alkyl halides is 2. The molecule has 0 aromatic heterocycles. The summed E-state index contributed by atoms with van der Waals surface area (Å²) in [6.45, 7) is 0. The Kier molecular flexibility index (Phi) is 5.36. The molecule has 0 bridgehead atoms. The van der Waals surface area contributed by atoms with E-state index in [2.05, 4.69) is 42.2 Å². The fourth-order valence-electron chi connectivity index (χ4n) is 2.46. The minimum Gasteiger partial charge on any atom is -0.475 e. The van der Waals surface area contributed by atoms with Crippen LogP contribution in [0.4, 0.5) is 11.4 Å². The highest BCUT2D eigenvalue weighted by Gasteiger charge is 2.51. The van der Waals surface area contributed by atoms with Crippen LogP contribution in [0.25, 0.3) is 0 Å². The summed E-state index contributed by atoms with van der Waals surface area (Å²) in [5.74, 6) is 0.193. The van der Waals surface area contributed by atoms with Crippen LogP contribution in [0.5, 0.6) is 0 Å². The van der Waals surface area contributed by atoms with E-state index in [1.54, 1.807) is 0 Å². The first-order valence-corrected chi connectivity index (χ1v) is 9.45. The maximum atomic E-state index is 12.9. The molecule has 2 aromatic rings. The van der Waals surface area contributed by atoms with Crippen LogP contribution >= 0.6 is 31.9 Å². The summed E-state index contributed by atoms with van der Waals surface area (Å²) >= 11 is 7.01. The van der Waals surface area contributed by atoms with Crippen molar-refractivity contribution in [3.8, 4) is 0 Å². The van der Waals surface area contributed by atoms with Gasteiger partial charge in [0, 0.05) is 17.4 Å². The molecule has 124 valence electrons. The molecule has 0 unspecified atom stereocenters. The lowest BCUT2D eigenvalue weighted by Crippen LogP contribution is -2.41. The molecule has 1 fully saturated rings. The Morgan fingerprint density at radius 3 is 2.42 bits per heavy atom. The average molecular weight is 452 g/mol. The standard InChI is InChI=1S/C18H16Br2N2O2/c19-12-15-11-18(20,16(23)21-13-7-3-1-4-8-13)17(24-15)22-14-9-5-2-6-10-14/h1-10,15H,11-12H2,(H,21,23)/t15-,18+/m0/s1. The molecule has 4 nitrogen and oxygen atoms in total. The van der Waals surface area contributed by atoms with Crippen molar-refractivity contribution in [3.05, 3.63) is 60.7 Å². The molecule has 1 heterocycles. The third-order valence-corrected chi connectivity index (χ3v) is 5.42. The first-order chi connectivity index (χ1) is 11.6. The van der Waals surface area contributed by atoms with E-state index >= 15 is 0 Å². The molecule has 3 rings (SSSR count). The summed E-state index contributed by atoms with van der Waals surface area (Å²) in [5.41, 5.74) is 1.49. The summed E-state index contributed by atoms with van der Waals surface area (Å²) in [5, 5.41) is 3.55. The largest absolute Gasteiger partial charge is 0.475 e. The number of hydrogen-bond donors (Lipinski definition) is 1. The molecule has 0 aliphatic carbocycles. The van der Waals surface area contributed by atoms with Gasteiger partial charge >= 0.3 is 0 Å². The number of ether oxygens (including phenoxy) is 1. The summed E-state index contributed by atoms with van der Waals surface area (Å²) in [7, 11) is 0. The molecule has 0 spiro atoms. The number of anilines is 1. The van der Waals surface area contributed by atoms with E-state index in [4.69, 9.17) is 4.74 Å². The van der Waals surface area contributed by atoms with Gasteiger partial charge in [0.25, 0.3) is 5.91 Å². The monoisotopic (exact) mass is 450 g/mol. The molecule has 2 atom stereocenters. The van der Waals surface area contributed by atoms with Crippen molar-refractivity contribution >= 4 is 55.0 Å². The molecular formula is C18H16Br2N2O2. The molecule has 24 heavy (non-hydrogen) atoms. The lowest BCUT2D eigenvalue weighted by Gasteiger charge is -2.19. The predicted molar refractivity (Wildman–Crippen MR) is 104 cm³/mol. The van der Waals surface area contributed by atoms with Gasteiger partial charge < -0.3 is 10.1 Å². The molecule has 1 N–H and O–H groups in total. The molecule has 1 amide bonds. The van der Waals surface area contributed by atoms with E-state index in [0.29, 0.717) is 17.6 Å². The molecule has 0 radical (unpaired) electrons. The molecular weight excluding hydrogens is 436 g/mol. The van der Waals surface area contributed by atoms with E-state index in [1.807, 2.05) is 60.7 Å². The first kappa shape index (κ1) is 17.2. The van der Waals surface area contributed by atoms with Crippen LogP contribution < -0.4 is 5.32 Å². The predicted octanol–water partition coefficient (Wildman–Crippen LogP) is 4.67. The molecule has 2 aromatic carbocycles. The minimum absolute atomic E-state index is 0.117. The highest BCUT2D eigenvalue weighted by molar-refractivity contribution is 9.10. The third kappa shape index (κ3) is 3.70. The number of carbonyl (C=O) groups is 1. The molecule has 6 heteroatoms. The van der Waals surface area contributed by atoms with Crippen LogP contribution in [0.1, 0.15) is 6.42 Å². The fraction of sp³-hybridized carbons (Fsp3) is 0.222. The van der Waals surface area contributed by atoms with E-state index in [0.717, 1.165) is 11.4 Å². The maximum Gasteiger partial charge on any atom is 0.250 e. The van der Waals surface area contributed by atoms with E-state index in [9.17, 15) is 4.79 Å². The van der Waals surface area contributed by atoms with Crippen LogP contribution in [0.15, 0.2) is 65.7 Å². The lowest BCUT2D eigenvalue weighted by atomic mass is 10.0. The Bertz CT molecular complexity index is 737. The van der Waals surface area contributed by atoms with E-state index < -0.39 is 4.32 Å². The quantitative estimate of drug-likeness (QED) is 0.686. The van der Waals surface area contributed by atoms with Gasteiger partial charge in [0.05, 0.1) is 5.69 Å². The van der Waals surface area contributed by atoms with Crippen LogP contribution in [-0.4, -0.2) is 27.6 Å². The number of rotatable bonds is 4. The molecule has 1 aliphatic rings. The lowest BCUT2D eigenvalue weighted by molar-refractivity contribution is -0.116. The normalized spacial score (nSPS) is 24.6. The topological polar surface area (TPSA) is 50.7 Å². The zero-order chi connectivity index (χ0) is 17.0. The smallest absolute Gasteiger partial charge is 0.250 e. The van der Waals surface area contributed by atoms with Gasteiger partial charge in [-0.25, -0.2) is 4.99 Å². The number of aliphatic imine (C=N–C) groups is 1. The molecule has 1 saturated heterocycles. The number of para-hydroxylation sites is 2. The van der Waals surface area contributed by atoms with Gasteiger partial charge in [0.1, 0.15) is 6.10 Å². The number of nitrogens with zero attached hydrogens (tertiary/aromatic N) is 1. The highest BCUT2D eigenvalue weighted by atomic mass is 79.9. The van der Waals surface area contributed by atoms with Gasteiger partial charge in [0.15, 0.2) is 4.32 Å². The number of amides is 1. The van der Waals surface area contributed by atoms with Crippen LogP contribution in [-0.2, 0) is 9.53 Å². The zero-order valence-electron chi connectivity index (χ0n) is 12.8. The molecule has 1 aliphatic heterocycles. The number of nitrogens with one attached hydrogen (secondary N) is 1. The Balaban J connectivity index is 1.89. The van der Waals surface area contributed by atoms with Crippen LogP contribution in [0.3, 0.4) is 0 Å². The number of hydrogen-bond acceptors (Lipinski definition) is 3. The van der Waals surface area contributed by atoms with Crippen molar-refractivity contribution in [1.82, 2.24) is 0 Å². The van der Waals surface area contributed by atoms with E-state index in [-0.39, 0.29) is 12.0 Å². The third-order valence-electron chi connectivity index (χ3n) is 3.68. The van der Waals surface area contributed by atoms with Gasteiger partial charge in [-0.05, 0) is 24.3 Å². The fourth-order valence-corrected chi connectivity index (χ4v) is 3.46. The second-order valence-corrected chi connectivity index (χ2v) is 7.47. The maximum absolute atomic E-state index is 12.9.